The second-order valence-corrected chi connectivity index (χ2v) is 14.3. The number of benzene rings is 2. The molecule has 2 N–H and O–H groups in total. The maximum absolute atomic E-state index is 14.2. The fourth-order valence-corrected chi connectivity index (χ4v) is 7.41. The topological polar surface area (TPSA) is 98.9 Å². The van der Waals surface area contributed by atoms with Crippen LogP contribution in [0.5, 0.6) is 11.5 Å². The molecule has 1 aliphatic heterocycles. The largest absolute Gasteiger partial charge is 0.490 e. The predicted octanol–water partition coefficient (Wildman–Crippen LogP) is 6.64. The maximum atomic E-state index is 14.2. The second-order valence-electron chi connectivity index (χ2n) is 13.4. The number of carbonyl (C=O) groups is 3. The van der Waals surface area contributed by atoms with Crippen molar-refractivity contribution in [2.24, 2.45) is 16.6 Å². The van der Waals surface area contributed by atoms with Crippen molar-refractivity contribution in [2.75, 3.05) is 19.8 Å². The molecule has 0 saturated heterocycles. The monoisotopic (exact) mass is 648 g/mol. The van der Waals surface area contributed by atoms with Gasteiger partial charge in [0.05, 0.1) is 11.1 Å². The van der Waals surface area contributed by atoms with Crippen LogP contribution < -0.4 is 15.2 Å². The van der Waals surface area contributed by atoms with Gasteiger partial charge in [-0.1, -0.05) is 58.0 Å². The van der Waals surface area contributed by atoms with E-state index in [0.29, 0.717) is 53.1 Å². The number of hydrogen-bond acceptors (Lipinski definition) is 6. The van der Waals surface area contributed by atoms with Gasteiger partial charge in [0.2, 0.25) is 0 Å². The van der Waals surface area contributed by atoms with Crippen molar-refractivity contribution < 1.29 is 23.9 Å². The second kappa shape index (κ2) is 11.9. The SMILES string of the molecule is CCOc1cc(C2C3=C(CC(C)(C)CC3=O)N(CCc3ccccc3)C3=C2C(=O)CC(C)(C)C3)cc(Br)c1OCC(N)=O. The normalized spacial score (nSPS) is 19.7. The Hall–Kier alpha value is -3.39. The van der Waals surface area contributed by atoms with E-state index in [1.165, 1.54) is 5.56 Å². The van der Waals surface area contributed by atoms with Gasteiger partial charge in [-0.3, -0.25) is 14.4 Å². The number of carbonyl (C=O) groups excluding carboxylic acids is 3. The molecular weight excluding hydrogens is 608 g/mol. The molecule has 0 aromatic heterocycles. The molecule has 0 unspecified atom stereocenters. The van der Waals surface area contributed by atoms with Gasteiger partial charge in [-0.05, 0) is 76.2 Å². The first kappa shape index (κ1) is 31.0. The van der Waals surface area contributed by atoms with Crippen LogP contribution in [0, 0.1) is 10.8 Å². The van der Waals surface area contributed by atoms with Gasteiger partial charge in [0.1, 0.15) is 0 Å². The predicted molar refractivity (Wildman–Crippen MR) is 170 cm³/mol. The zero-order valence-electron chi connectivity index (χ0n) is 25.7. The lowest BCUT2D eigenvalue weighted by Crippen LogP contribution is -2.45. The van der Waals surface area contributed by atoms with E-state index in [1.54, 1.807) is 0 Å². The van der Waals surface area contributed by atoms with Gasteiger partial charge in [-0.25, -0.2) is 0 Å². The Labute approximate surface area is 262 Å². The van der Waals surface area contributed by atoms with Crippen molar-refractivity contribution in [3.8, 4) is 11.5 Å². The van der Waals surface area contributed by atoms with Gasteiger partial charge >= 0.3 is 0 Å². The van der Waals surface area contributed by atoms with Crippen LogP contribution in [0.25, 0.3) is 0 Å². The Morgan fingerprint density at radius 3 is 2.05 bits per heavy atom. The molecule has 228 valence electrons. The summed E-state index contributed by atoms with van der Waals surface area (Å²) in [5, 5.41) is 0. The third-order valence-corrected chi connectivity index (χ3v) is 9.10. The Morgan fingerprint density at radius 2 is 1.51 bits per heavy atom. The first-order valence-electron chi connectivity index (χ1n) is 15.0. The smallest absolute Gasteiger partial charge is 0.255 e. The molecule has 8 heteroatoms. The standard InChI is InChI=1S/C35H41BrN2O5/c1-6-42-28-15-22(14-23(36)33(28)43-20-29(37)41)30-31-24(16-34(2,3)18-26(31)39)38(13-12-21-10-8-7-9-11-21)25-17-35(4,5)19-27(40)32(25)30/h7-11,14-15,30H,6,12-13,16-20H2,1-5H3,(H2,37,41). The molecular formula is C35H41BrN2O5. The molecule has 0 saturated carbocycles. The Bertz CT molecular complexity index is 1470. The van der Waals surface area contributed by atoms with E-state index in [9.17, 15) is 14.4 Å². The minimum atomic E-state index is -0.600. The van der Waals surface area contributed by atoms with Crippen LogP contribution >= 0.6 is 15.9 Å². The Morgan fingerprint density at radius 1 is 0.930 bits per heavy atom. The number of ether oxygens (including phenoxy) is 2. The first-order valence-corrected chi connectivity index (χ1v) is 15.8. The maximum Gasteiger partial charge on any atom is 0.255 e. The van der Waals surface area contributed by atoms with Gasteiger partial charge < -0.3 is 20.1 Å². The zero-order chi connectivity index (χ0) is 31.1. The van der Waals surface area contributed by atoms with Gasteiger partial charge in [-0.15, -0.1) is 0 Å². The van der Waals surface area contributed by atoms with Gasteiger partial charge in [-0.2, -0.15) is 0 Å². The number of primary amides is 1. The minimum Gasteiger partial charge on any atom is -0.490 e. The third-order valence-electron chi connectivity index (χ3n) is 8.51. The molecule has 0 spiro atoms. The van der Waals surface area contributed by atoms with Crippen molar-refractivity contribution in [3.05, 3.63) is 80.6 Å². The van der Waals surface area contributed by atoms with Crippen LogP contribution in [0.2, 0.25) is 0 Å². The summed E-state index contributed by atoms with van der Waals surface area (Å²) in [6.45, 7) is 11.2. The lowest BCUT2D eigenvalue weighted by molar-refractivity contribution is -0.121. The molecule has 5 rings (SSSR count). The number of halogens is 1. The Kier molecular flexibility index (Phi) is 8.63. The minimum absolute atomic E-state index is 0.0771. The molecule has 0 radical (unpaired) electrons. The van der Waals surface area contributed by atoms with E-state index in [-0.39, 0.29) is 29.0 Å². The molecule has 2 aromatic rings. The number of allylic oxidation sites excluding steroid dienone is 4. The van der Waals surface area contributed by atoms with E-state index in [1.807, 2.05) is 37.3 Å². The molecule has 1 amide bonds. The molecule has 43 heavy (non-hydrogen) atoms. The number of rotatable bonds is 9. The number of nitrogens with two attached hydrogens (primary N) is 1. The van der Waals surface area contributed by atoms with Crippen molar-refractivity contribution in [2.45, 2.75) is 72.6 Å². The lowest BCUT2D eigenvalue weighted by atomic mass is 9.63. The van der Waals surface area contributed by atoms with E-state index >= 15 is 0 Å². The van der Waals surface area contributed by atoms with Crippen LogP contribution in [-0.2, 0) is 20.8 Å². The van der Waals surface area contributed by atoms with Crippen LogP contribution in [0.15, 0.2) is 69.5 Å². The summed E-state index contributed by atoms with van der Waals surface area (Å²) >= 11 is 3.62. The molecule has 2 aromatic carbocycles. The van der Waals surface area contributed by atoms with Crippen molar-refractivity contribution in [3.63, 3.8) is 0 Å². The van der Waals surface area contributed by atoms with Crippen LogP contribution in [0.1, 0.15) is 77.3 Å². The van der Waals surface area contributed by atoms with Crippen molar-refractivity contribution in [1.29, 1.82) is 0 Å². The fourth-order valence-electron chi connectivity index (χ4n) is 6.84. The van der Waals surface area contributed by atoms with Crippen LogP contribution in [0.3, 0.4) is 0 Å². The van der Waals surface area contributed by atoms with Crippen molar-refractivity contribution >= 4 is 33.4 Å². The highest BCUT2D eigenvalue weighted by atomic mass is 79.9. The molecule has 7 nitrogen and oxygen atoms in total. The highest BCUT2D eigenvalue weighted by Gasteiger charge is 2.49. The van der Waals surface area contributed by atoms with E-state index in [0.717, 1.165) is 36.2 Å². The quantitative estimate of drug-likeness (QED) is 0.327. The summed E-state index contributed by atoms with van der Waals surface area (Å²) in [4.78, 5) is 42.1. The van der Waals surface area contributed by atoms with Crippen LogP contribution in [-0.4, -0.2) is 42.1 Å². The molecule has 0 bridgehead atoms. The number of ketones is 2. The van der Waals surface area contributed by atoms with E-state index in [2.05, 4.69) is 60.7 Å². The number of nitrogens with zero attached hydrogens (tertiary/aromatic N) is 1. The van der Waals surface area contributed by atoms with Gasteiger partial charge in [0.25, 0.3) is 5.91 Å². The lowest BCUT2D eigenvalue weighted by Gasteiger charge is -2.49. The molecule has 0 fully saturated rings. The third kappa shape index (κ3) is 6.44. The molecule has 3 aliphatic rings. The van der Waals surface area contributed by atoms with E-state index in [4.69, 9.17) is 15.2 Å². The molecule has 1 heterocycles. The molecule has 0 atom stereocenters. The summed E-state index contributed by atoms with van der Waals surface area (Å²) in [5.41, 5.74) is 10.4. The number of hydrogen-bond donors (Lipinski definition) is 1. The summed E-state index contributed by atoms with van der Waals surface area (Å²) in [6.07, 6.45) is 3.11. The summed E-state index contributed by atoms with van der Waals surface area (Å²) in [5.74, 6) is -0.180. The summed E-state index contributed by atoms with van der Waals surface area (Å²) < 4.78 is 12.2. The van der Waals surface area contributed by atoms with Crippen LogP contribution in [0.4, 0.5) is 0 Å². The average Bonchev–Trinajstić information content (AvgIpc) is 2.90. The highest BCUT2D eigenvalue weighted by molar-refractivity contribution is 9.10. The summed E-state index contributed by atoms with van der Waals surface area (Å²) in [6, 6.07) is 14.1. The average molecular weight is 650 g/mol. The highest BCUT2D eigenvalue weighted by Crippen LogP contribution is 2.55. The van der Waals surface area contributed by atoms with E-state index < -0.39 is 11.8 Å². The van der Waals surface area contributed by atoms with Gasteiger partial charge in [0.15, 0.2) is 29.7 Å². The Balaban J connectivity index is 1.71. The fraction of sp³-hybridized carbons (Fsp3) is 0.457. The van der Waals surface area contributed by atoms with Gasteiger partial charge in [0, 0.05) is 47.8 Å². The number of amides is 1. The molecule has 2 aliphatic carbocycles. The summed E-state index contributed by atoms with van der Waals surface area (Å²) in [7, 11) is 0. The number of Topliss-reactive ketones (excluding diaryl/α,β-unsaturated/α-hetero) is 2. The zero-order valence-corrected chi connectivity index (χ0v) is 27.3. The van der Waals surface area contributed by atoms with Crippen molar-refractivity contribution in [1.82, 2.24) is 4.90 Å². The first-order chi connectivity index (χ1) is 20.3.